The average molecular weight is 326 g/mol. The minimum Gasteiger partial charge on any atom is -0.370 e. The maximum absolute atomic E-state index is 5.68. The van der Waals surface area contributed by atoms with Crippen LogP contribution < -0.4 is 0 Å². The van der Waals surface area contributed by atoms with E-state index in [1.54, 1.807) is 0 Å². The van der Waals surface area contributed by atoms with Gasteiger partial charge >= 0.3 is 0 Å². The number of hydrogen-bond acceptors (Lipinski definition) is 4. The van der Waals surface area contributed by atoms with Crippen LogP contribution in [0.4, 0.5) is 0 Å². The van der Waals surface area contributed by atoms with Gasteiger partial charge in [-0.15, -0.1) is 0 Å². The molecule has 1 unspecified atom stereocenters. The summed E-state index contributed by atoms with van der Waals surface area (Å²) >= 11 is 3.60. The van der Waals surface area contributed by atoms with Gasteiger partial charge in [-0.2, -0.15) is 4.37 Å². The van der Waals surface area contributed by atoms with E-state index in [4.69, 9.17) is 4.74 Å². The van der Waals surface area contributed by atoms with Gasteiger partial charge in [0, 0.05) is 6.61 Å². The largest absolute Gasteiger partial charge is 0.370 e. The summed E-state index contributed by atoms with van der Waals surface area (Å²) in [6, 6.07) is 0. The lowest BCUT2D eigenvalue weighted by Crippen LogP contribution is -2.22. The molecule has 1 aromatic rings. The fourth-order valence-corrected chi connectivity index (χ4v) is 2.18. The Morgan fingerprint density at radius 2 is 2.14 bits per heavy atom. The molecule has 0 fully saturated rings. The van der Waals surface area contributed by atoms with Gasteiger partial charge in [0.2, 0.25) is 0 Å². The normalized spacial score (nSPS) is 14.4. The van der Waals surface area contributed by atoms with Crippen molar-refractivity contribution in [3.05, 3.63) is 8.84 Å². The predicted octanol–water partition coefficient (Wildman–Crippen LogP) is 3.27. The van der Waals surface area contributed by atoms with Crippen molar-refractivity contribution in [1.29, 1.82) is 0 Å². The van der Waals surface area contributed by atoms with Gasteiger partial charge in [0.15, 0.2) is 8.84 Å². The van der Waals surface area contributed by atoms with E-state index < -0.39 is 0 Å². The molecule has 0 radical (unpaired) electrons. The first-order valence-corrected chi connectivity index (χ1v) is 6.41. The number of aromatic nitrogens is 2. The number of hydrogen-bond donors (Lipinski definition) is 0. The molecule has 1 atom stereocenters. The first kappa shape index (κ1) is 12.3. The van der Waals surface area contributed by atoms with Gasteiger partial charge in [-0.3, -0.25) is 0 Å². The summed E-state index contributed by atoms with van der Waals surface area (Å²) in [7, 11) is 0. The van der Waals surface area contributed by atoms with E-state index in [9.17, 15) is 0 Å². The van der Waals surface area contributed by atoms with Gasteiger partial charge in [0.25, 0.3) is 0 Å². The van der Waals surface area contributed by atoms with Crippen LogP contribution in [-0.4, -0.2) is 16.0 Å². The first-order chi connectivity index (χ1) is 6.45. The van der Waals surface area contributed by atoms with Crippen LogP contribution in [0.3, 0.4) is 0 Å². The van der Waals surface area contributed by atoms with Gasteiger partial charge in [-0.25, -0.2) is 4.98 Å². The Morgan fingerprint density at radius 1 is 1.50 bits per heavy atom. The second kappa shape index (κ2) is 4.85. The van der Waals surface area contributed by atoms with E-state index in [2.05, 4.69) is 52.7 Å². The van der Waals surface area contributed by atoms with Gasteiger partial charge in [-0.05, 0) is 46.5 Å². The molecule has 1 rings (SSSR count). The Bertz CT molecular complexity index is 295. The fraction of sp³-hybridized carbons (Fsp3) is 0.778. The maximum atomic E-state index is 5.68. The van der Waals surface area contributed by atoms with Crippen molar-refractivity contribution in [3.8, 4) is 0 Å². The number of nitrogens with zero attached hydrogens (tertiary/aromatic N) is 2. The Morgan fingerprint density at radius 3 is 2.50 bits per heavy atom. The third-order valence-corrected chi connectivity index (χ3v) is 3.12. The number of rotatable bonds is 3. The highest BCUT2D eigenvalue weighted by Gasteiger charge is 2.30. The fourth-order valence-electron chi connectivity index (χ4n) is 1.20. The summed E-state index contributed by atoms with van der Waals surface area (Å²) in [6.07, 6.45) is -0.00716. The molecular weight excluding hydrogens is 311 g/mol. The molecule has 0 spiro atoms. The van der Waals surface area contributed by atoms with E-state index >= 15 is 0 Å². The van der Waals surface area contributed by atoms with E-state index in [1.165, 1.54) is 11.5 Å². The Balaban J connectivity index is 2.88. The van der Waals surface area contributed by atoms with Gasteiger partial charge in [0.05, 0.1) is 0 Å². The highest BCUT2D eigenvalue weighted by molar-refractivity contribution is 14.1. The Hall–Kier alpha value is 0.250. The average Bonchev–Trinajstić information content (AvgIpc) is 2.45. The van der Waals surface area contributed by atoms with Gasteiger partial charge in [-0.1, -0.05) is 20.8 Å². The van der Waals surface area contributed by atoms with Crippen LogP contribution in [0.2, 0.25) is 0 Å². The zero-order chi connectivity index (χ0) is 10.8. The van der Waals surface area contributed by atoms with Crippen LogP contribution in [0, 0.1) is 8.43 Å². The standard InChI is InChI=1S/C9H15IN2OS/c1-5-13-6(9(2,3)4)7-11-8(10)14-12-7/h6H,5H2,1-4H3. The van der Waals surface area contributed by atoms with Crippen LogP contribution in [0.25, 0.3) is 0 Å². The van der Waals surface area contributed by atoms with E-state index in [0.717, 1.165) is 8.84 Å². The highest BCUT2D eigenvalue weighted by Crippen LogP contribution is 2.34. The third kappa shape index (κ3) is 3.13. The molecule has 0 saturated heterocycles. The van der Waals surface area contributed by atoms with Crippen molar-refractivity contribution >= 4 is 34.1 Å². The summed E-state index contributed by atoms with van der Waals surface area (Å²) in [4.78, 5) is 4.37. The minimum atomic E-state index is -0.00716. The molecule has 0 N–H and O–H groups in total. The molecule has 0 aliphatic heterocycles. The number of ether oxygens (including phenoxy) is 1. The summed E-state index contributed by atoms with van der Waals surface area (Å²) in [5.74, 6) is 0.814. The SMILES string of the molecule is CCOC(c1nsc(I)n1)C(C)(C)C. The van der Waals surface area contributed by atoms with Gasteiger partial charge in [0.1, 0.15) is 6.10 Å². The molecule has 0 saturated carbocycles. The van der Waals surface area contributed by atoms with E-state index in [-0.39, 0.29) is 11.5 Å². The molecule has 3 nitrogen and oxygen atoms in total. The molecule has 80 valence electrons. The molecule has 0 aromatic carbocycles. The van der Waals surface area contributed by atoms with Crippen molar-refractivity contribution in [1.82, 2.24) is 9.36 Å². The van der Waals surface area contributed by atoms with Crippen LogP contribution >= 0.6 is 34.1 Å². The topological polar surface area (TPSA) is 35.0 Å². The summed E-state index contributed by atoms with van der Waals surface area (Å²) in [6.45, 7) is 9.11. The molecule has 0 bridgehead atoms. The maximum Gasteiger partial charge on any atom is 0.174 e. The lowest BCUT2D eigenvalue weighted by Gasteiger charge is -2.27. The quantitative estimate of drug-likeness (QED) is 0.800. The first-order valence-electron chi connectivity index (χ1n) is 4.56. The van der Waals surface area contributed by atoms with Crippen molar-refractivity contribution in [3.63, 3.8) is 0 Å². The molecule has 5 heteroatoms. The molecular formula is C9H15IN2OS. The molecule has 14 heavy (non-hydrogen) atoms. The van der Waals surface area contributed by atoms with Crippen molar-refractivity contribution < 1.29 is 4.74 Å². The lowest BCUT2D eigenvalue weighted by molar-refractivity contribution is -0.0184. The predicted molar refractivity (Wildman–Crippen MR) is 66.4 cm³/mol. The highest BCUT2D eigenvalue weighted by atomic mass is 127. The summed E-state index contributed by atoms with van der Waals surface area (Å²) in [5, 5.41) is 0. The van der Waals surface area contributed by atoms with E-state index in [0.29, 0.717) is 6.61 Å². The summed E-state index contributed by atoms with van der Waals surface area (Å²) in [5.41, 5.74) is 0.0418. The lowest BCUT2D eigenvalue weighted by atomic mass is 9.88. The molecule has 1 heterocycles. The molecule has 0 aliphatic rings. The van der Waals surface area contributed by atoms with Crippen molar-refractivity contribution in [2.45, 2.75) is 33.8 Å². The van der Waals surface area contributed by atoms with Crippen LogP contribution in [0.15, 0.2) is 0 Å². The van der Waals surface area contributed by atoms with Crippen LogP contribution in [-0.2, 0) is 4.74 Å². The van der Waals surface area contributed by atoms with E-state index in [1.807, 2.05) is 6.92 Å². The minimum absolute atomic E-state index is 0.00716. The van der Waals surface area contributed by atoms with Crippen LogP contribution in [0.5, 0.6) is 0 Å². The second-order valence-electron chi connectivity index (χ2n) is 4.11. The number of halogens is 1. The Labute approximate surface area is 103 Å². The van der Waals surface area contributed by atoms with Crippen molar-refractivity contribution in [2.24, 2.45) is 5.41 Å². The summed E-state index contributed by atoms with van der Waals surface area (Å²) < 4.78 is 10.9. The van der Waals surface area contributed by atoms with Crippen LogP contribution in [0.1, 0.15) is 39.6 Å². The second-order valence-corrected chi connectivity index (χ2v) is 6.61. The van der Waals surface area contributed by atoms with Crippen molar-refractivity contribution in [2.75, 3.05) is 6.61 Å². The monoisotopic (exact) mass is 326 g/mol. The third-order valence-electron chi connectivity index (χ3n) is 1.77. The Kier molecular flexibility index (Phi) is 4.27. The zero-order valence-electron chi connectivity index (χ0n) is 8.87. The molecule has 0 aliphatic carbocycles. The smallest absolute Gasteiger partial charge is 0.174 e. The zero-order valence-corrected chi connectivity index (χ0v) is 11.8. The molecule has 0 amide bonds. The molecule has 1 aromatic heterocycles. The van der Waals surface area contributed by atoms with Gasteiger partial charge < -0.3 is 4.74 Å².